The van der Waals surface area contributed by atoms with Gasteiger partial charge >= 0.3 is 6.18 Å². The molecule has 1 amide bonds. The molecule has 12 heteroatoms. The standard InChI is InChI=1S/C22H20BrF3N4O3S/c1-3-33-19-7-13(17(23)10-18(19)32-2)11-27-30-20(31)9-16-12-34-21(29-16)28-15-6-4-5-14(8-15)22(24,25)26/h4-8,10-12H,3,9H2,1-2H3,(H,28,29)(H,30,31)/b27-11-. The number of methoxy groups -OCH3 is 1. The predicted molar refractivity (Wildman–Crippen MR) is 128 cm³/mol. The normalized spacial score (nSPS) is 11.5. The Kier molecular flexibility index (Phi) is 8.51. The minimum atomic E-state index is -4.43. The summed E-state index contributed by atoms with van der Waals surface area (Å²) < 4.78 is 50.1. The van der Waals surface area contributed by atoms with Gasteiger partial charge in [-0.05, 0) is 53.2 Å². The highest BCUT2D eigenvalue weighted by Crippen LogP contribution is 2.33. The van der Waals surface area contributed by atoms with Crippen molar-refractivity contribution >= 4 is 50.2 Å². The Balaban J connectivity index is 1.58. The van der Waals surface area contributed by atoms with Crippen LogP contribution in [-0.2, 0) is 17.4 Å². The van der Waals surface area contributed by atoms with E-state index >= 15 is 0 Å². The van der Waals surface area contributed by atoms with E-state index in [1.807, 2.05) is 6.92 Å². The molecule has 0 saturated heterocycles. The highest BCUT2D eigenvalue weighted by molar-refractivity contribution is 9.10. The van der Waals surface area contributed by atoms with Gasteiger partial charge in [0.15, 0.2) is 16.6 Å². The zero-order valence-corrected chi connectivity index (χ0v) is 20.5. The zero-order valence-electron chi connectivity index (χ0n) is 18.1. The van der Waals surface area contributed by atoms with Crippen molar-refractivity contribution in [3.05, 3.63) is 63.1 Å². The van der Waals surface area contributed by atoms with Crippen molar-refractivity contribution < 1.29 is 27.4 Å². The number of hydrogen-bond donors (Lipinski definition) is 2. The van der Waals surface area contributed by atoms with Crippen molar-refractivity contribution in [2.75, 3.05) is 19.0 Å². The summed E-state index contributed by atoms with van der Waals surface area (Å²) in [5.74, 6) is 0.707. The summed E-state index contributed by atoms with van der Waals surface area (Å²) >= 11 is 4.60. The number of benzene rings is 2. The van der Waals surface area contributed by atoms with Crippen LogP contribution >= 0.6 is 27.3 Å². The molecule has 0 atom stereocenters. The lowest BCUT2D eigenvalue weighted by Gasteiger charge is -2.11. The van der Waals surface area contributed by atoms with Crippen molar-refractivity contribution in [1.82, 2.24) is 10.4 Å². The molecule has 0 fully saturated rings. The van der Waals surface area contributed by atoms with Crippen LogP contribution in [0.2, 0.25) is 0 Å². The van der Waals surface area contributed by atoms with Crippen molar-refractivity contribution in [3.63, 3.8) is 0 Å². The molecule has 0 unspecified atom stereocenters. The maximum Gasteiger partial charge on any atom is 0.416 e. The summed E-state index contributed by atoms with van der Waals surface area (Å²) in [6.07, 6.45) is -3.02. The molecule has 1 aromatic heterocycles. The van der Waals surface area contributed by atoms with Crippen molar-refractivity contribution in [2.45, 2.75) is 19.5 Å². The average molecular weight is 557 g/mol. The summed E-state index contributed by atoms with van der Waals surface area (Å²) in [4.78, 5) is 16.5. The van der Waals surface area contributed by atoms with Gasteiger partial charge in [0, 0.05) is 21.1 Å². The summed E-state index contributed by atoms with van der Waals surface area (Å²) in [6, 6.07) is 8.27. The second kappa shape index (κ2) is 11.3. The maximum absolute atomic E-state index is 12.9. The number of nitrogens with zero attached hydrogens (tertiary/aromatic N) is 2. The molecule has 34 heavy (non-hydrogen) atoms. The van der Waals surface area contributed by atoms with Gasteiger partial charge in [-0.1, -0.05) is 6.07 Å². The molecule has 7 nitrogen and oxygen atoms in total. The molecule has 2 aromatic carbocycles. The fourth-order valence-corrected chi connectivity index (χ4v) is 3.95. The summed E-state index contributed by atoms with van der Waals surface area (Å²) in [5.41, 5.74) is 3.04. The zero-order chi connectivity index (χ0) is 24.7. The van der Waals surface area contributed by atoms with Crippen LogP contribution in [0.15, 0.2) is 51.4 Å². The van der Waals surface area contributed by atoms with E-state index < -0.39 is 17.6 Å². The van der Waals surface area contributed by atoms with E-state index in [4.69, 9.17) is 9.47 Å². The first-order valence-electron chi connectivity index (χ1n) is 9.90. The van der Waals surface area contributed by atoms with Gasteiger partial charge in [-0.2, -0.15) is 18.3 Å². The number of amides is 1. The SMILES string of the molecule is CCOc1cc(/C=N\NC(=O)Cc2csc(Nc3cccc(C(F)(F)F)c3)n2)c(Br)cc1OC. The van der Waals surface area contributed by atoms with Crippen LogP contribution in [0, 0.1) is 0 Å². The summed E-state index contributed by atoms with van der Waals surface area (Å²) in [6.45, 7) is 2.32. The predicted octanol–water partition coefficient (Wildman–Crippen LogP) is 5.77. The third-order valence-corrected chi connectivity index (χ3v) is 5.80. The molecule has 0 bridgehead atoms. The van der Waals surface area contributed by atoms with E-state index in [1.165, 1.54) is 36.8 Å². The largest absolute Gasteiger partial charge is 0.493 e. The molecule has 3 rings (SSSR count). The Morgan fingerprint density at radius 3 is 2.76 bits per heavy atom. The molecule has 0 aliphatic heterocycles. The van der Waals surface area contributed by atoms with Gasteiger partial charge in [-0.3, -0.25) is 4.79 Å². The van der Waals surface area contributed by atoms with Crippen LogP contribution in [0.5, 0.6) is 11.5 Å². The van der Waals surface area contributed by atoms with Crippen LogP contribution < -0.4 is 20.2 Å². The number of alkyl halides is 3. The molecular weight excluding hydrogens is 537 g/mol. The van der Waals surface area contributed by atoms with E-state index in [2.05, 4.69) is 36.8 Å². The fourth-order valence-electron chi connectivity index (χ4n) is 2.80. The monoisotopic (exact) mass is 556 g/mol. The number of hydrogen-bond acceptors (Lipinski definition) is 7. The van der Waals surface area contributed by atoms with Gasteiger partial charge in [-0.25, -0.2) is 10.4 Å². The fraction of sp³-hybridized carbons (Fsp3) is 0.227. The molecule has 1 heterocycles. The highest BCUT2D eigenvalue weighted by Gasteiger charge is 2.30. The average Bonchev–Trinajstić information content (AvgIpc) is 3.21. The third-order valence-electron chi connectivity index (χ3n) is 4.31. The number of anilines is 2. The summed E-state index contributed by atoms with van der Waals surface area (Å²) in [7, 11) is 1.54. The molecule has 2 N–H and O–H groups in total. The van der Waals surface area contributed by atoms with Gasteiger partial charge in [0.2, 0.25) is 5.91 Å². The van der Waals surface area contributed by atoms with E-state index in [9.17, 15) is 18.0 Å². The molecule has 0 spiro atoms. The van der Waals surface area contributed by atoms with E-state index in [-0.39, 0.29) is 12.1 Å². The van der Waals surface area contributed by atoms with Crippen LogP contribution in [-0.4, -0.2) is 30.8 Å². The van der Waals surface area contributed by atoms with Gasteiger partial charge in [0.1, 0.15) is 0 Å². The summed E-state index contributed by atoms with van der Waals surface area (Å²) in [5, 5.41) is 8.81. The minimum absolute atomic E-state index is 0.0495. The smallest absolute Gasteiger partial charge is 0.416 e. The van der Waals surface area contributed by atoms with Crippen LogP contribution in [0.3, 0.4) is 0 Å². The first-order chi connectivity index (χ1) is 16.2. The third kappa shape index (κ3) is 6.94. The number of carbonyl (C=O) groups excluding carboxylic acids is 1. The van der Waals surface area contributed by atoms with Crippen molar-refractivity contribution in [1.29, 1.82) is 0 Å². The number of ether oxygens (including phenoxy) is 2. The van der Waals surface area contributed by atoms with Gasteiger partial charge < -0.3 is 14.8 Å². The number of hydrazone groups is 1. The molecule has 0 radical (unpaired) electrons. The lowest BCUT2D eigenvalue weighted by Crippen LogP contribution is -2.20. The van der Waals surface area contributed by atoms with Crippen LogP contribution in [0.25, 0.3) is 0 Å². The first kappa shape index (κ1) is 25.5. The maximum atomic E-state index is 12.9. The quantitative estimate of drug-likeness (QED) is 0.258. The number of thiazole rings is 1. The number of aromatic nitrogens is 1. The van der Waals surface area contributed by atoms with E-state index in [1.54, 1.807) is 17.5 Å². The van der Waals surface area contributed by atoms with E-state index in [0.717, 1.165) is 12.1 Å². The molecule has 0 saturated carbocycles. The Hall–Kier alpha value is -3.12. The highest BCUT2D eigenvalue weighted by atomic mass is 79.9. The second-order valence-corrected chi connectivity index (χ2v) is 8.49. The molecule has 180 valence electrons. The van der Waals surface area contributed by atoms with Gasteiger partial charge in [0.25, 0.3) is 0 Å². The van der Waals surface area contributed by atoms with Gasteiger partial charge in [-0.15, -0.1) is 11.3 Å². The van der Waals surface area contributed by atoms with Crippen LogP contribution in [0.4, 0.5) is 24.0 Å². The molecule has 0 aliphatic carbocycles. The molecule has 0 aliphatic rings. The van der Waals surface area contributed by atoms with E-state index in [0.29, 0.717) is 39.0 Å². The van der Waals surface area contributed by atoms with Gasteiger partial charge in [0.05, 0.1) is 37.6 Å². The Bertz CT molecular complexity index is 1180. The molecule has 3 aromatic rings. The minimum Gasteiger partial charge on any atom is -0.493 e. The number of carbonyl (C=O) groups is 1. The Labute approximate surface area is 206 Å². The lowest BCUT2D eigenvalue weighted by atomic mass is 10.2. The topological polar surface area (TPSA) is 84.8 Å². The number of halogens is 4. The lowest BCUT2D eigenvalue weighted by molar-refractivity contribution is -0.137. The van der Waals surface area contributed by atoms with Crippen molar-refractivity contribution in [3.8, 4) is 11.5 Å². The van der Waals surface area contributed by atoms with Crippen molar-refractivity contribution in [2.24, 2.45) is 5.10 Å². The molecular formula is C22H20BrF3N4O3S. The Morgan fingerprint density at radius 1 is 1.26 bits per heavy atom. The first-order valence-corrected chi connectivity index (χ1v) is 11.6. The van der Waals surface area contributed by atoms with Crippen LogP contribution in [0.1, 0.15) is 23.7 Å². The number of nitrogens with one attached hydrogen (secondary N) is 2. The number of rotatable bonds is 9. The Morgan fingerprint density at radius 2 is 2.06 bits per heavy atom. The second-order valence-electron chi connectivity index (χ2n) is 6.78.